The van der Waals surface area contributed by atoms with Crippen molar-refractivity contribution in [1.82, 2.24) is 10.6 Å². The highest BCUT2D eigenvalue weighted by atomic mass is 32.2. The third kappa shape index (κ3) is 6.93. The molecule has 0 aromatic rings. The molecule has 0 fully saturated rings. The van der Waals surface area contributed by atoms with Gasteiger partial charge in [-0.25, -0.2) is 9.59 Å². The first-order valence-corrected chi connectivity index (χ1v) is 6.94. The van der Waals surface area contributed by atoms with Gasteiger partial charge < -0.3 is 15.7 Å². The van der Waals surface area contributed by atoms with Crippen LogP contribution in [0.3, 0.4) is 0 Å². The summed E-state index contributed by atoms with van der Waals surface area (Å²) in [5.41, 5.74) is -0.573. The molecule has 2 unspecified atom stereocenters. The van der Waals surface area contributed by atoms with Crippen LogP contribution < -0.4 is 10.6 Å². The number of urea groups is 1. The molecule has 2 amide bonds. The van der Waals surface area contributed by atoms with Crippen LogP contribution >= 0.6 is 0 Å². The molecular weight excluding hydrogens is 244 g/mol. The van der Waals surface area contributed by atoms with E-state index in [4.69, 9.17) is 5.11 Å². The van der Waals surface area contributed by atoms with Gasteiger partial charge in [0.25, 0.3) is 0 Å². The number of carboxylic acid groups (broad SMARTS) is 1. The second kappa shape index (κ2) is 6.58. The van der Waals surface area contributed by atoms with E-state index in [-0.39, 0.29) is 6.54 Å². The number of carbonyl (C=O) groups is 2. The second-order valence-electron chi connectivity index (χ2n) is 4.81. The SMILES string of the molecule is CS(=O)CCNC(=O)NC(C(=O)O)C(C)(C)C. The molecule has 0 saturated carbocycles. The molecule has 0 aromatic carbocycles. The monoisotopic (exact) mass is 264 g/mol. The van der Waals surface area contributed by atoms with Gasteiger partial charge in [-0.15, -0.1) is 0 Å². The van der Waals surface area contributed by atoms with Crippen LogP contribution in [0.25, 0.3) is 0 Å². The van der Waals surface area contributed by atoms with Gasteiger partial charge in [0.2, 0.25) is 0 Å². The molecule has 6 nitrogen and oxygen atoms in total. The van der Waals surface area contributed by atoms with Gasteiger partial charge in [-0.2, -0.15) is 0 Å². The largest absolute Gasteiger partial charge is 0.480 e. The van der Waals surface area contributed by atoms with E-state index >= 15 is 0 Å². The number of nitrogens with one attached hydrogen (secondary N) is 2. The Morgan fingerprint density at radius 1 is 1.35 bits per heavy atom. The number of rotatable bonds is 5. The second-order valence-corrected chi connectivity index (χ2v) is 6.37. The molecule has 0 rings (SSSR count). The highest BCUT2D eigenvalue weighted by molar-refractivity contribution is 7.84. The van der Waals surface area contributed by atoms with Crippen molar-refractivity contribution < 1.29 is 18.9 Å². The van der Waals surface area contributed by atoms with E-state index in [1.807, 2.05) is 0 Å². The van der Waals surface area contributed by atoms with Crippen LogP contribution in [0.5, 0.6) is 0 Å². The van der Waals surface area contributed by atoms with Gasteiger partial charge in [0, 0.05) is 29.4 Å². The van der Waals surface area contributed by atoms with Crippen molar-refractivity contribution in [2.45, 2.75) is 26.8 Å². The van der Waals surface area contributed by atoms with Crippen LogP contribution in [-0.2, 0) is 15.6 Å². The summed E-state index contributed by atoms with van der Waals surface area (Å²) < 4.78 is 10.8. The topological polar surface area (TPSA) is 95.5 Å². The molecule has 17 heavy (non-hydrogen) atoms. The molecule has 0 saturated heterocycles. The quantitative estimate of drug-likeness (QED) is 0.659. The van der Waals surface area contributed by atoms with Crippen LogP contribution in [0.4, 0.5) is 4.79 Å². The van der Waals surface area contributed by atoms with Gasteiger partial charge in [-0.05, 0) is 5.41 Å². The Morgan fingerprint density at radius 3 is 2.24 bits per heavy atom. The average Bonchev–Trinajstić information content (AvgIpc) is 2.11. The van der Waals surface area contributed by atoms with Crippen molar-refractivity contribution in [2.75, 3.05) is 18.6 Å². The molecule has 2 atom stereocenters. The number of amides is 2. The zero-order valence-electron chi connectivity index (χ0n) is 10.6. The number of hydrogen-bond acceptors (Lipinski definition) is 3. The van der Waals surface area contributed by atoms with E-state index in [1.54, 1.807) is 20.8 Å². The van der Waals surface area contributed by atoms with E-state index in [2.05, 4.69) is 10.6 Å². The standard InChI is InChI=1S/C10H20N2O4S/c1-10(2,3)7(8(13)14)12-9(15)11-5-6-17(4)16/h7H,5-6H2,1-4H3,(H,13,14)(H2,11,12,15). The molecule has 0 aliphatic rings. The third-order valence-electron chi connectivity index (χ3n) is 2.06. The maximum atomic E-state index is 11.4. The fourth-order valence-electron chi connectivity index (χ4n) is 1.14. The lowest BCUT2D eigenvalue weighted by Gasteiger charge is -2.27. The normalized spacial score (nSPS) is 14.8. The molecule has 100 valence electrons. The minimum Gasteiger partial charge on any atom is -0.480 e. The average molecular weight is 264 g/mol. The zero-order valence-corrected chi connectivity index (χ0v) is 11.4. The summed E-state index contributed by atoms with van der Waals surface area (Å²) in [5, 5.41) is 13.8. The van der Waals surface area contributed by atoms with Crippen molar-refractivity contribution in [3.63, 3.8) is 0 Å². The summed E-state index contributed by atoms with van der Waals surface area (Å²) in [6.45, 7) is 5.44. The first-order chi connectivity index (χ1) is 7.64. The number of aliphatic carboxylic acids is 1. The van der Waals surface area contributed by atoms with E-state index in [1.165, 1.54) is 6.26 Å². The molecule has 0 heterocycles. The van der Waals surface area contributed by atoms with Gasteiger partial charge >= 0.3 is 12.0 Å². The summed E-state index contributed by atoms with van der Waals surface area (Å²) in [7, 11) is -0.979. The Balaban J connectivity index is 4.24. The smallest absolute Gasteiger partial charge is 0.326 e. The Hall–Kier alpha value is -1.11. The molecule has 0 bridgehead atoms. The van der Waals surface area contributed by atoms with Crippen molar-refractivity contribution in [3.8, 4) is 0 Å². The Kier molecular flexibility index (Phi) is 6.15. The lowest BCUT2D eigenvalue weighted by atomic mass is 9.87. The predicted molar refractivity (Wildman–Crippen MR) is 66.3 cm³/mol. The third-order valence-corrected chi connectivity index (χ3v) is 2.84. The van der Waals surface area contributed by atoms with Crippen molar-refractivity contribution in [3.05, 3.63) is 0 Å². The lowest BCUT2D eigenvalue weighted by molar-refractivity contribution is -0.141. The van der Waals surface area contributed by atoms with Gasteiger partial charge in [-0.1, -0.05) is 20.8 Å². The lowest BCUT2D eigenvalue weighted by Crippen LogP contribution is -2.52. The van der Waals surface area contributed by atoms with Crippen LogP contribution in [0.2, 0.25) is 0 Å². The van der Waals surface area contributed by atoms with Crippen molar-refractivity contribution in [1.29, 1.82) is 0 Å². The maximum absolute atomic E-state index is 11.4. The van der Waals surface area contributed by atoms with Crippen LogP contribution in [0.1, 0.15) is 20.8 Å². The molecule has 0 aliphatic heterocycles. The zero-order chi connectivity index (χ0) is 13.6. The highest BCUT2D eigenvalue weighted by Gasteiger charge is 2.32. The van der Waals surface area contributed by atoms with E-state index in [9.17, 15) is 13.8 Å². The van der Waals surface area contributed by atoms with Crippen LogP contribution in [-0.4, -0.2) is 45.9 Å². The molecule has 3 N–H and O–H groups in total. The molecule has 0 aromatic heterocycles. The molecular formula is C10H20N2O4S. The van der Waals surface area contributed by atoms with Gasteiger partial charge in [0.15, 0.2) is 0 Å². The molecule has 7 heteroatoms. The summed E-state index contributed by atoms with van der Waals surface area (Å²) in [5.74, 6) is -0.729. The van der Waals surface area contributed by atoms with Crippen molar-refractivity contribution in [2.24, 2.45) is 5.41 Å². The number of carbonyl (C=O) groups excluding carboxylic acids is 1. The van der Waals surface area contributed by atoms with E-state index in [0.717, 1.165) is 0 Å². The van der Waals surface area contributed by atoms with Crippen LogP contribution in [0.15, 0.2) is 0 Å². The minimum absolute atomic E-state index is 0.255. The fourth-order valence-corrected chi connectivity index (χ4v) is 1.53. The first-order valence-electron chi connectivity index (χ1n) is 5.22. The Labute approximate surface area is 104 Å². The van der Waals surface area contributed by atoms with Crippen LogP contribution in [0, 0.1) is 5.41 Å². The van der Waals surface area contributed by atoms with E-state index < -0.39 is 34.3 Å². The molecule has 0 spiro atoms. The number of carboxylic acids is 1. The fraction of sp³-hybridized carbons (Fsp3) is 0.800. The minimum atomic E-state index is -1.08. The van der Waals surface area contributed by atoms with Gasteiger partial charge in [0.1, 0.15) is 6.04 Å². The van der Waals surface area contributed by atoms with Gasteiger partial charge in [0.05, 0.1) is 0 Å². The highest BCUT2D eigenvalue weighted by Crippen LogP contribution is 2.19. The molecule has 0 radical (unpaired) electrons. The van der Waals surface area contributed by atoms with Gasteiger partial charge in [-0.3, -0.25) is 4.21 Å². The predicted octanol–water partition coefficient (Wildman–Crippen LogP) is 0.163. The summed E-state index contributed by atoms with van der Waals surface area (Å²) in [4.78, 5) is 22.4. The summed E-state index contributed by atoms with van der Waals surface area (Å²) in [6.07, 6.45) is 1.54. The maximum Gasteiger partial charge on any atom is 0.326 e. The Bertz CT molecular complexity index is 312. The first kappa shape index (κ1) is 15.9. The number of hydrogen-bond donors (Lipinski definition) is 3. The molecule has 0 aliphatic carbocycles. The Morgan fingerprint density at radius 2 is 1.88 bits per heavy atom. The van der Waals surface area contributed by atoms with Crippen molar-refractivity contribution >= 4 is 22.8 Å². The summed E-state index contributed by atoms with van der Waals surface area (Å²) >= 11 is 0. The summed E-state index contributed by atoms with van der Waals surface area (Å²) in [6, 6.07) is -1.52. The van der Waals surface area contributed by atoms with E-state index in [0.29, 0.717) is 5.75 Å².